The molecule has 0 aliphatic carbocycles. The largest absolute Gasteiger partial charge is 0.493 e. The first-order valence-corrected chi connectivity index (χ1v) is 7.99. The van der Waals surface area contributed by atoms with Crippen LogP contribution in [0.3, 0.4) is 0 Å². The summed E-state index contributed by atoms with van der Waals surface area (Å²) >= 11 is 3.51. The molecule has 0 fully saturated rings. The van der Waals surface area contributed by atoms with Gasteiger partial charge in [-0.25, -0.2) is 4.98 Å². The molecule has 3 aromatic rings. The van der Waals surface area contributed by atoms with Crippen LogP contribution in [-0.2, 0) is 6.54 Å². The van der Waals surface area contributed by atoms with E-state index in [1.54, 1.807) is 14.2 Å². The summed E-state index contributed by atoms with van der Waals surface area (Å²) in [4.78, 5) is 4.49. The topological polar surface area (TPSA) is 36.3 Å². The Labute approximate surface area is 143 Å². The minimum atomic E-state index is 0.655. The lowest BCUT2D eigenvalue weighted by atomic mass is 10.1. The quantitative estimate of drug-likeness (QED) is 0.666. The number of nitrogens with zero attached hydrogens (tertiary/aromatic N) is 2. The minimum Gasteiger partial charge on any atom is -0.493 e. The van der Waals surface area contributed by atoms with Gasteiger partial charge in [0.15, 0.2) is 11.5 Å². The summed E-state index contributed by atoms with van der Waals surface area (Å²) < 4.78 is 14.0. The number of benzene rings is 2. The number of hydrogen-bond donors (Lipinski definition) is 0. The molecule has 0 unspecified atom stereocenters. The molecule has 0 amide bonds. The Morgan fingerprint density at radius 2 is 1.91 bits per heavy atom. The van der Waals surface area contributed by atoms with E-state index in [-0.39, 0.29) is 0 Å². The standard InChI is InChI=1S/C18H17BrN2O2/c1-22-16-8-4-6-14(17(16)23-2)12-21-10-9-20-18(21)13-5-3-7-15(19)11-13/h3-11H,12H2,1-2H3. The number of para-hydroxylation sites is 1. The molecule has 4 nitrogen and oxygen atoms in total. The summed E-state index contributed by atoms with van der Waals surface area (Å²) in [6, 6.07) is 14.0. The molecule has 0 aliphatic rings. The lowest BCUT2D eigenvalue weighted by Crippen LogP contribution is -2.04. The number of rotatable bonds is 5. The van der Waals surface area contributed by atoms with Crippen molar-refractivity contribution in [3.05, 3.63) is 64.9 Å². The zero-order valence-electron chi connectivity index (χ0n) is 13.0. The van der Waals surface area contributed by atoms with Gasteiger partial charge in [0.2, 0.25) is 0 Å². The number of ether oxygens (including phenoxy) is 2. The second kappa shape index (κ2) is 6.87. The van der Waals surface area contributed by atoms with Crippen LogP contribution < -0.4 is 9.47 Å². The zero-order valence-corrected chi connectivity index (χ0v) is 14.6. The summed E-state index contributed by atoms with van der Waals surface area (Å²) in [6.45, 7) is 0.655. The Balaban J connectivity index is 1.98. The van der Waals surface area contributed by atoms with Gasteiger partial charge < -0.3 is 14.0 Å². The Bertz CT molecular complexity index is 814. The fourth-order valence-corrected chi connectivity index (χ4v) is 2.99. The molecular weight excluding hydrogens is 356 g/mol. The van der Waals surface area contributed by atoms with Gasteiger partial charge in [-0.2, -0.15) is 0 Å². The van der Waals surface area contributed by atoms with Crippen LogP contribution in [0.2, 0.25) is 0 Å². The maximum absolute atomic E-state index is 5.51. The zero-order chi connectivity index (χ0) is 16.2. The van der Waals surface area contributed by atoms with Gasteiger partial charge in [0, 0.05) is 28.0 Å². The van der Waals surface area contributed by atoms with Crippen LogP contribution in [0.25, 0.3) is 11.4 Å². The number of hydrogen-bond acceptors (Lipinski definition) is 3. The van der Waals surface area contributed by atoms with Crippen molar-refractivity contribution in [1.82, 2.24) is 9.55 Å². The van der Waals surface area contributed by atoms with E-state index in [1.807, 2.05) is 48.8 Å². The molecule has 23 heavy (non-hydrogen) atoms. The monoisotopic (exact) mass is 372 g/mol. The van der Waals surface area contributed by atoms with Crippen molar-refractivity contribution in [3.63, 3.8) is 0 Å². The van der Waals surface area contributed by atoms with Gasteiger partial charge in [-0.1, -0.05) is 40.2 Å². The Hall–Kier alpha value is -2.27. The smallest absolute Gasteiger partial charge is 0.165 e. The lowest BCUT2D eigenvalue weighted by Gasteiger charge is -2.14. The van der Waals surface area contributed by atoms with Crippen molar-refractivity contribution in [2.75, 3.05) is 14.2 Å². The average Bonchev–Trinajstić information content (AvgIpc) is 3.02. The van der Waals surface area contributed by atoms with Gasteiger partial charge in [0.1, 0.15) is 5.82 Å². The van der Waals surface area contributed by atoms with Crippen LogP contribution in [-0.4, -0.2) is 23.8 Å². The molecule has 0 bridgehead atoms. The molecule has 0 radical (unpaired) electrons. The first-order valence-electron chi connectivity index (χ1n) is 7.20. The van der Waals surface area contributed by atoms with Crippen molar-refractivity contribution >= 4 is 15.9 Å². The third kappa shape index (κ3) is 3.24. The van der Waals surface area contributed by atoms with Crippen molar-refractivity contribution < 1.29 is 9.47 Å². The highest BCUT2D eigenvalue weighted by Crippen LogP contribution is 2.32. The molecule has 0 N–H and O–H groups in total. The predicted molar refractivity (Wildman–Crippen MR) is 94.0 cm³/mol. The maximum Gasteiger partial charge on any atom is 0.165 e. The average molecular weight is 373 g/mol. The summed E-state index contributed by atoms with van der Waals surface area (Å²) in [6.07, 6.45) is 3.78. The van der Waals surface area contributed by atoms with E-state index in [9.17, 15) is 0 Å². The van der Waals surface area contributed by atoms with Gasteiger partial charge in [0.25, 0.3) is 0 Å². The first kappa shape index (κ1) is 15.6. The second-order valence-corrected chi connectivity index (χ2v) is 5.96. The highest BCUT2D eigenvalue weighted by atomic mass is 79.9. The summed E-state index contributed by atoms with van der Waals surface area (Å²) in [7, 11) is 3.30. The molecular formula is C18H17BrN2O2. The van der Waals surface area contributed by atoms with Crippen LogP contribution in [0.5, 0.6) is 11.5 Å². The Morgan fingerprint density at radius 1 is 1.09 bits per heavy atom. The van der Waals surface area contributed by atoms with Crippen LogP contribution in [0.15, 0.2) is 59.3 Å². The molecule has 1 aromatic heterocycles. The van der Waals surface area contributed by atoms with Gasteiger partial charge in [0.05, 0.1) is 20.8 Å². The van der Waals surface area contributed by atoms with E-state index < -0.39 is 0 Å². The third-order valence-corrected chi connectivity index (χ3v) is 4.12. The van der Waals surface area contributed by atoms with Crippen LogP contribution in [0.4, 0.5) is 0 Å². The number of imidazole rings is 1. The highest BCUT2D eigenvalue weighted by Gasteiger charge is 2.12. The number of halogens is 1. The summed E-state index contributed by atoms with van der Waals surface area (Å²) in [5.74, 6) is 2.40. The fourth-order valence-electron chi connectivity index (χ4n) is 2.59. The van der Waals surface area contributed by atoms with Gasteiger partial charge in [-0.05, 0) is 18.2 Å². The molecule has 2 aromatic carbocycles. The molecule has 5 heteroatoms. The maximum atomic E-state index is 5.51. The van der Waals surface area contributed by atoms with Gasteiger partial charge in [-0.3, -0.25) is 0 Å². The molecule has 0 aliphatic heterocycles. The van der Waals surface area contributed by atoms with E-state index >= 15 is 0 Å². The molecule has 0 atom stereocenters. The van der Waals surface area contributed by atoms with Crippen molar-refractivity contribution in [3.8, 4) is 22.9 Å². The predicted octanol–water partition coefficient (Wildman–Crippen LogP) is 4.38. The normalized spacial score (nSPS) is 10.6. The van der Waals surface area contributed by atoms with Gasteiger partial charge >= 0.3 is 0 Å². The highest BCUT2D eigenvalue weighted by molar-refractivity contribution is 9.10. The molecule has 0 saturated carbocycles. The Morgan fingerprint density at radius 3 is 2.65 bits per heavy atom. The van der Waals surface area contributed by atoms with Crippen molar-refractivity contribution in [1.29, 1.82) is 0 Å². The lowest BCUT2D eigenvalue weighted by molar-refractivity contribution is 0.351. The molecule has 118 valence electrons. The van der Waals surface area contributed by atoms with Crippen LogP contribution >= 0.6 is 15.9 Å². The van der Waals surface area contributed by atoms with E-state index in [1.165, 1.54) is 0 Å². The second-order valence-electron chi connectivity index (χ2n) is 5.04. The molecule has 0 spiro atoms. The van der Waals surface area contributed by atoms with E-state index in [4.69, 9.17) is 9.47 Å². The SMILES string of the molecule is COc1cccc(Cn2ccnc2-c2cccc(Br)c2)c1OC. The van der Waals surface area contributed by atoms with E-state index in [0.717, 1.165) is 32.9 Å². The molecule has 0 saturated heterocycles. The fraction of sp³-hybridized carbons (Fsp3) is 0.167. The van der Waals surface area contributed by atoms with Crippen molar-refractivity contribution in [2.24, 2.45) is 0 Å². The van der Waals surface area contributed by atoms with E-state index in [2.05, 4.69) is 31.5 Å². The van der Waals surface area contributed by atoms with E-state index in [0.29, 0.717) is 6.54 Å². The summed E-state index contributed by atoms with van der Waals surface area (Å²) in [5, 5.41) is 0. The third-order valence-electron chi connectivity index (χ3n) is 3.62. The number of methoxy groups -OCH3 is 2. The minimum absolute atomic E-state index is 0.655. The van der Waals surface area contributed by atoms with Gasteiger partial charge in [-0.15, -0.1) is 0 Å². The van der Waals surface area contributed by atoms with Crippen molar-refractivity contribution in [2.45, 2.75) is 6.54 Å². The van der Waals surface area contributed by atoms with Crippen LogP contribution in [0, 0.1) is 0 Å². The molecule has 3 rings (SSSR count). The molecule has 1 heterocycles. The first-order chi connectivity index (χ1) is 11.2. The number of aromatic nitrogens is 2. The Kier molecular flexibility index (Phi) is 4.67. The van der Waals surface area contributed by atoms with Crippen LogP contribution in [0.1, 0.15) is 5.56 Å². The summed E-state index contributed by atoms with van der Waals surface area (Å²) in [5.41, 5.74) is 2.10.